The van der Waals surface area contributed by atoms with Crippen LogP contribution in [-0.4, -0.2) is 10.7 Å². The standard InChI is InChI=1S/C17H25FO/c1-3-13-7-6-9-15(11-13)17(2,19)12-14-8-4-5-10-16(14)18/h4-5,8,10,13,15,19H,3,6-7,9,11-12H2,1-2H3. The molecule has 1 saturated carbocycles. The maximum Gasteiger partial charge on any atom is 0.126 e. The topological polar surface area (TPSA) is 20.2 Å². The van der Waals surface area contributed by atoms with E-state index in [4.69, 9.17) is 0 Å². The van der Waals surface area contributed by atoms with Crippen LogP contribution in [0.1, 0.15) is 51.5 Å². The van der Waals surface area contributed by atoms with Crippen molar-refractivity contribution >= 4 is 0 Å². The normalized spacial score (nSPS) is 26.9. The first-order valence-corrected chi connectivity index (χ1v) is 7.48. The zero-order valence-electron chi connectivity index (χ0n) is 12.0. The predicted molar refractivity (Wildman–Crippen MR) is 76.5 cm³/mol. The van der Waals surface area contributed by atoms with Crippen LogP contribution in [0.5, 0.6) is 0 Å². The van der Waals surface area contributed by atoms with Gasteiger partial charge in [0.15, 0.2) is 0 Å². The lowest BCUT2D eigenvalue weighted by Gasteiger charge is -2.38. The molecule has 1 aromatic rings. The molecule has 0 aromatic heterocycles. The highest BCUT2D eigenvalue weighted by molar-refractivity contribution is 5.19. The van der Waals surface area contributed by atoms with Crippen molar-refractivity contribution in [1.29, 1.82) is 0 Å². The third-order valence-electron chi connectivity index (χ3n) is 4.75. The van der Waals surface area contributed by atoms with Crippen molar-refractivity contribution in [2.45, 2.75) is 58.0 Å². The molecule has 2 rings (SSSR count). The largest absolute Gasteiger partial charge is 0.390 e. The molecule has 106 valence electrons. The second kappa shape index (κ2) is 6.04. The van der Waals surface area contributed by atoms with Gasteiger partial charge in [-0.25, -0.2) is 4.39 Å². The van der Waals surface area contributed by atoms with Crippen molar-refractivity contribution in [3.05, 3.63) is 35.6 Å². The van der Waals surface area contributed by atoms with Gasteiger partial charge in [0.1, 0.15) is 5.82 Å². The highest BCUT2D eigenvalue weighted by Gasteiger charge is 2.35. The summed E-state index contributed by atoms with van der Waals surface area (Å²) in [4.78, 5) is 0. The Morgan fingerprint density at radius 3 is 2.74 bits per heavy atom. The monoisotopic (exact) mass is 264 g/mol. The molecule has 0 radical (unpaired) electrons. The lowest BCUT2D eigenvalue weighted by Crippen LogP contribution is -2.40. The summed E-state index contributed by atoms with van der Waals surface area (Å²) >= 11 is 0. The average Bonchev–Trinajstić information content (AvgIpc) is 2.41. The van der Waals surface area contributed by atoms with Gasteiger partial charge in [-0.1, -0.05) is 44.4 Å². The molecule has 0 bridgehead atoms. The van der Waals surface area contributed by atoms with Gasteiger partial charge in [-0.15, -0.1) is 0 Å². The molecule has 19 heavy (non-hydrogen) atoms. The van der Waals surface area contributed by atoms with Crippen LogP contribution in [0.15, 0.2) is 24.3 Å². The van der Waals surface area contributed by atoms with Crippen molar-refractivity contribution in [2.75, 3.05) is 0 Å². The zero-order valence-corrected chi connectivity index (χ0v) is 12.0. The number of rotatable bonds is 4. The number of hydrogen-bond donors (Lipinski definition) is 1. The highest BCUT2D eigenvalue weighted by Crippen LogP contribution is 2.38. The van der Waals surface area contributed by atoms with Crippen molar-refractivity contribution < 1.29 is 9.50 Å². The molecule has 1 aliphatic rings. The van der Waals surface area contributed by atoms with Gasteiger partial charge in [0.25, 0.3) is 0 Å². The molecule has 1 fully saturated rings. The molecule has 0 heterocycles. The van der Waals surface area contributed by atoms with Gasteiger partial charge in [0.2, 0.25) is 0 Å². The van der Waals surface area contributed by atoms with Crippen LogP contribution in [-0.2, 0) is 6.42 Å². The van der Waals surface area contributed by atoms with Gasteiger partial charge in [0, 0.05) is 6.42 Å². The summed E-state index contributed by atoms with van der Waals surface area (Å²) in [5, 5.41) is 10.8. The van der Waals surface area contributed by atoms with Crippen LogP contribution in [0.2, 0.25) is 0 Å². The SMILES string of the molecule is CCC1CCCC(C(C)(O)Cc2ccccc2F)C1. The molecular formula is C17H25FO. The van der Waals surface area contributed by atoms with Crippen molar-refractivity contribution in [2.24, 2.45) is 11.8 Å². The summed E-state index contributed by atoms with van der Waals surface area (Å²) in [6, 6.07) is 6.79. The zero-order chi connectivity index (χ0) is 13.9. The third-order valence-corrected chi connectivity index (χ3v) is 4.75. The van der Waals surface area contributed by atoms with E-state index in [0.717, 1.165) is 18.8 Å². The summed E-state index contributed by atoms with van der Waals surface area (Å²) in [6.45, 7) is 4.10. The van der Waals surface area contributed by atoms with E-state index in [-0.39, 0.29) is 5.82 Å². The predicted octanol–water partition coefficient (Wildman–Crippen LogP) is 4.34. The molecule has 0 aliphatic heterocycles. The number of hydrogen-bond acceptors (Lipinski definition) is 1. The van der Waals surface area contributed by atoms with E-state index in [9.17, 15) is 9.50 Å². The first kappa shape index (κ1) is 14.5. The molecule has 2 heteroatoms. The fourth-order valence-corrected chi connectivity index (χ4v) is 3.40. The Balaban J connectivity index is 2.07. The average molecular weight is 264 g/mol. The second-order valence-corrected chi connectivity index (χ2v) is 6.26. The van der Waals surface area contributed by atoms with E-state index in [0.29, 0.717) is 17.9 Å². The minimum atomic E-state index is -0.796. The summed E-state index contributed by atoms with van der Waals surface area (Å²) in [5.74, 6) is 0.822. The Morgan fingerprint density at radius 1 is 1.32 bits per heavy atom. The van der Waals surface area contributed by atoms with Crippen molar-refractivity contribution in [1.82, 2.24) is 0 Å². The molecule has 1 aromatic carbocycles. The van der Waals surface area contributed by atoms with Gasteiger partial charge >= 0.3 is 0 Å². The molecular weight excluding hydrogens is 239 g/mol. The molecule has 1 nitrogen and oxygen atoms in total. The first-order valence-electron chi connectivity index (χ1n) is 7.48. The van der Waals surface area contributed by atoms with Crippen LogP contribution in [0.3, 0.4) is 0 Å². The Bertz CT molecular complexity index is 413. The second-order valence-electron chi connectivity index (χ2n) is 6.26. The fraction of sp³-hybridized carbons (Fsp3) is 0.647. The lowest BCUT2D eigenvalue weighted by molar-refractivity contribution is -0.0261. The maximum absolute atomic E-state index is 13.7. The molecule has 1 N–H and O–H groups in total. The van der Waals surface area contributed by atoms with Gasteiger partial charge in [-0.2, -0.15) is 0 Å². The third kappa shape index (κ3) is 3.56. The van der Waals surface area contributed by atoms with Gasteiger partial charge in [-0.05, 0) is 43.2 Å². The number of aliphatic hydroxyl groups is 1. The maximum atomic E-state index is 13.7. The van der Waals surface area contributed by atoms with Crippen LogP contribution in [0.25, 0.3) is 0 Å². The molecule has 0 saturated heterocycles. The Hall–Kier alpha value is -0.890. The summed E-state index contributed by atoms with van der Waals surface area (Å²) < 4.78 is 13.7. The first-order chi connectivity index (χ1) is 9.03. The summed E-state index contributed by atoms with van der Waals surface area (Å²) in [7, 11) is 0. The quantitative estimate of drug-likeness (QED) is 0.858. The van der Waals surface area contributed by atoms with Crippen LogP contribution >= 0.6 is 0 Å². The highest BCUT2D eigenvalue weighted by atomic mass is 19.1. The van der Waals surface area contributed by atoms with E-state index in [2.05, 4.69) is 6.92 Å². The molecule has 1 aliphatic carbocycles. The van der Waals surface area contributed by atoms with Crippen LogP contribution in [0.4, 0.5) is 4.39 Å². The van der Waals surface area contributed by atoms with Crippen LogP contribution < -0.4 is 0 Å². The van der Waals surface area contributed by atoms with Crippen LogP contribution in [0, 0.1) is 17.7 Å². The van der Waals surface area contributed by atoms with E-state index in [1.54, 1.807) is 12.1 Å². The summed E-state index contributed by atoms with van der Waals surface area (Å²) in [6.07, 6.45) is 6.22. The van der Waals surface area contributed by atoms with E-state index in [1.165, 1.54) is 25.3 Å². The molecule has 3 unspecified atom stereocenters. The molecule has 0 spiro atoms. The molecule has 0 amide bonds. The minimum absolute atomic E-state index is 0.203. The number of benzene rings is 1. The van der Waals surface area contributed by atoms with Gasteiger partial charge in [-0.3, -0.25) is 0 Å². The fourth-order valence-electron chi connectivity index (χ4n) is 3.40. The van der Waals surface area contributed by atoms with Gasteiger partial charge < -0.3 is 5.11 Å². The minimum Gasteiger partial charge on any atom is -0.390 e. The Labute approximate surface area is 115 Å². The molecule has 3 atom stereocenters. The Kier molecular flexibility index (Phi) is 4.62. The van der Waals surface area contributed by atoms with Crippen molar-refractivity contribution in [3.8, 4) is 0 Å². The lowest BCUT2D eigenvalue weighted by atomic mass is 9.71. The van der Waals surface area contributed by atoms with Crippen molar-refractivity contribution in [3.63, 3.8) is 0 Å². The summed E-state index contributed by atoms with van der Waals surface area (Å²) in [5.41, 5.74) is -0.165. The van der Waals surface area contributed by atoms with E-state index >= 15 is 0 Å². The number of halogens is 1. The smallest absolute Gasteiger partial charge is 0.126 e. The van der Waals surface area contributed by atoms with Gasteiger partial charge in [0.05, 0.1) is 5.60 Å². The Morgan fingerprint density at radius 2 is 2.05 bits per heavy atom. The van der Waals surface area contributed by atoms with E-state index in [1.807, 2.05) is 13.0 Å². The van der Waals surface area contributed by atoms with E-state index < -0.39 is 5.60 Å².